The van der Waals surface area contributed by atoms with Gasteiger partial charge in [0.25, 0.3) is 0 Å². The Balaban J connectivity index is 2.76. The van der Waals surface area contributed by atoms with Crippen LogP contribution >= 0.6 is 15.9 Å². The van der Waals surface area contributed by atoms with Crippen LogP contribution in [0.5, 0.6) is 0 Å². The highest BCUT2D eigenvalue weighted by Gasteiger charge is 2.09. The van der Waals surface area contributed by atoms with Crippen LogP contribution in [0.2, 0.25) is 0 Å². The first-order valence-corrected chi connectivity index (χ1v) is 7.66. The molecule has 3 nitrogen and oxygen atoms in total. The topological polar surface area (TPSA) is 46.2 Å². The minimum Gasteiger partial charge on any atom is -0.284 e. The van der Waals surface area contributed by atoms with E-state index in [1.54, 1.807) is 12.1 Å². The van der Waals surface area contributed by atoms with E-state index in [-0.39, 0.29) is 5.75 Å². The Hall–Kier alpha value is -0.550. The highest BCUT2D eigenvalue weighted by atomic mass is 79.9. The zero-order chi connectivity index (χ0) is 12.2. The van der Waals surface area contributed by atoms with Gasteiger partial charge in [0.15, 0.2) is 0 Å². The van der Waals surface area contributed by atoms with E-state index < -0.39 is 10.0 Å². The fourth-order valence-electron chi connectivity index (χ4n) is 1.22. The first-order valence-electron chi connectivity index (χ1n) is 5.21. The number of nitrogens with one attached hydrogen (secondary N) is 1. The van der Waals surface area contributed by atoms with E-state index in [1.807, 2.05) is 19.9 Å². The summed E-state index contributed by atoms with van der Waals surface area (Å²) in [4.78, 5) is 0. The number of aryl methyl sites for hydroxylation is 1. The van der Waals surface area contributed by atoms with Crippen LogP contribution in [0, 0.1) is 6.92 Å². The van der Waals surface area contributed by atoms with E-state index in [9.17, 15) is 8.42 Å². The van der Waals surface area contributed by atoms with Crippen molar-refractivity contribution in [2.45, 2.75) is 26.7 Å². The first kappa shape index (κ1) is 13.5. The number of halogens is 1. The maximum absolute atomic E-state index is 11.6. The van der Waals surface area contributed by atoms with Crippen molar-refractivity contribution < 1.29 is 8.42 Å². The summed E-state index contributed by atoms with van der Waals surface area (Å²) in [6.45, 7) is 3.93. The number of sulfonamides is 1. The van der Waals surface area contributed by atoms with Crippen LogP contribution in [0.15, 0.2) is 22.7 Å². The lowest BCUT2D eigenvalue weighted by atomic mass is 10.2. The fraction of sp³-hybridized carbons (Fsp3) is 0.455. The molecule has 0 heterocycles. The van der Waals surface area contributed by atoms with Crippen molar-refractivity contribution in [3.63, 3.8) is 0 Å². The highest BCUT2D eigenvalue weighted by molar-refractivity contribution is 9.10. The molecule has 0 unspecified atom stereocenters. The molecule has 0 spiro atoms. The van der Waals surface area contributed by atoms with Crippen molar-refractivity contribution in [2.75, 3.05) is 10.5 Å². The highest BCUT2D eigenvalue weighted by Crippen LogP contribution is 2.21. The van der Waals surface area contributed by atoms with Crippen molar-refractivity contribution >= 4 is 31.6 Å². The second-order valence-corrected chi connectivity index (χ2v) is 6.43. The minimum absolute atomic E-state index is 0.176. The largest absolute Gasteiger partial charge is 0.284 e. The van der Waals surface area contributed by atoms with E-state index in [0.717, 1.165) is 16.5 Å². The van der Waals surface area contributed by atoms with Gasteiger partial charge in [0.05, 0.1) is 5.75 Å². The van der Waals surface area contributed by atoms with Crippen molar-refractivity contribution in [1.82, 2.24) is 0 Å². The molecular formula is C11H16BrNO2S. The average molecular weight is 306 g/mol. The quantitative estimate of drug-likeness (QED) is 0.907. The van der Waals surface area contributed by atoms with E-state index in [1.165, 1.54) is 0 Å². The van der Waals surface area contributed by atoms with Crippen LogP contribution in [0.4, 0.5) is 5.69 Å². The van der Waals surface area contributed by atoms with Crippen LogP contribution in [0.3, 0.4) is 0 Å². The molecule has 0 radical (unpaired) electrons. The Morgan fingerprint density at radius 1 is 1.38 bits per heavy atom. The van der Waals surface area contributed by atoms with Gasteiger partial charge in [-0.1, -0.05) is 35.3 Å². The van der Waals surface area contributed by atoms with Crippen LogP contribution in [-0.4, -0.2) is 14.2 Å². The maximum Gasteiger partial charge on any atom is 0.232 e. The van der Waals surface area contributed by atoms with Crippen LogP contribution < -0.4 is 4.72 Å². The number of benzene rings is 1. The Bertz CT molecular complexity index is 457. The van der Waals surface area contributed by atoms with E-state index in [0.29, 0.717) is 12.1 Å². The number of unbranched alkanes of at least 4 members (excludes halogenated alkanes) is 1. The smallest absolute Gasteiger partial charge is 0.232 e. The third-order valence-corrected chi connectivity index (χ3v) is 4.44. The van der Waals surface area contributed by atoms with Gasteiger partial charge in [-0.3, -0.25) is 4.72 Å². The Morgan fingerprint density at radius 3 is 2.62 bits per heavy atom. The van der Waals surface area contributed by atoms with Crippen molar-refractivity contribution in [3.05, 3.63) is 28.2 Å². The molecule has 0 saturated heterocycles. The Kier molecular flexibility index (Phi) is 4.80. The van der Waals surface area contributed by atoms with Crippen LogP contribution in [-0.2, 0) is 10.0 Å². The molecule has 0 bridgehead atoms. The lowest BCUT2D eigenvalue weighted by Crippen LogP contribution is -2.16. The van der Waals surface area contributed by atoms with Gasteiger partial charge in [0.1, 0.15) is 0 Å². The molecule has 1 rings (SSSR count). The summed E-state index contributed by atoms with van der Waals surface area (Å²) >= 11 is 3.37. The van der Waals surface area contributed by atoms with Crippen LogP contribution in [0.25, 0.3) is 0 Å². The van der Waals surface area contributed by atoms with Crippen molar-refractivity contribution in [3.8, 4) is 0 Å². The molecule has 1 N–H and O–H groups in total. The van der Waals surface area contributed by atoms with E-state index in [4.69, 9.17) is 0 Å². The number of rotatable bonds is 5. The Labute approximate surface area is 105 Å². The molecule has 0 aliphatic heterocycles. The summed E-state index contributed by atoms with van der Waals surface area (Å²) in [5.74, 6) is 0.176. The second-order valence-electron chi connectivity index (χ2n) is 3.74. The third-order valence-electron chi connectivity index (χ3n) is 2.21. The first-order chi connectivity index (χ1) is 7.44. The summed E-state index contributed by atoms with van der Waals surface area (Å²) in [7, 11) is -3.20. The minimum atomic E-state index is -3.20. The number of hydrogen-bond acceptors (Lipinski definition) is 2. The summed E-state index contributed by atoms with van der Waals surface area (Å²) in [5, 5.41) is 0. The monoisotopic (exact) mass is 305 g/mol. The predicted octanol–water partition coefficient (Wildman–Crippen LogP) is 3.30. The molecule has 0 amide bonds. The molecule has 5 heteroatoms. The third kappa shape index (κ3) is 4.14. The standard InChI is InChI=1S/C11H16BrNO2S/c1-3-4-7-16(14,15)13-10-6-5-9(2)11(12)8-10/h5-6,8,13H,3-4,7H2,1-2H3. The SMILES string of the molecule is CCCCS(=O)(=O)Nc1ccc(C)c(Br)c1. The molecule has 0 aliphatic rings. The molecule has 0 saturated carbocycles. The van der Waals surface area contributed by atoms with Crippen molar-refractivity contribution in [2.24, 2.45) is 0 Å². The Morgan fingerprint density at radius 2 is 2.06 bits per heavy atom. The summed E-state index contributed by atoms with van der Waals surface area (Å²) in [6, 6.07) is 5.42. The molecule has 0 aromatic heterocycles. The molecule has 0 aliphatic carbocycles. The number of hydrogen-bond donors (Lipinski definition) is 1. The van der Waals surface area contributed by atoms with Crippen molar-refractivity contribution in [1.29, 1.82) is 0 Å². The lowest BCUT2D eigenvalue weighted by Gasteiger charge is -2.08. The molecule has 16 heavy (non-hydrogen) atoms. The van der Waals surface area contributed by atoms with Gasteiger partial charge in [-0.2, -0.15) is 0 Å². The second kappa shape index (κ2) is 5.68. The van der Waals surface area contributed by atoms with Gasteiger partial charge < -0.3 is 0 Å². The molecule has 1 aromatic carbocycles. The zero-order valence-electron chi connectivity index (χ0n) is 9.46. The summed E-state index contributed by atoms with van der Waals surface area (Å²) < 4.78 is 26.7. The predicted molar refractivity (Wildman–Crippen MR) is 71.2 cm³/mol. The molecule has 1 aromatic rings. The fourth-order valence-corrected chi connectivity index (χ4v) is 2.86. The molecule has 0 fully saturated rings. The molecule has 90 valence electrons. The lowest BCUT2D eigenvalue weighted by molar-refractivity contribution is 0.598. The van der Waals surface area contributed by atoms with Crippen LogP contribution in [0.1, 0.15) is 25.3 Å². The molecule has 0 atom stereocenters. The van der Waals surface area contributed by atoms with Gasteiger partial charge >= 0.3 is 0 Å². The van der Waals surface area contributed by atoms with Gasteiger partial charge in [0.2, 0.25) is 10.0 Å². The maximum atomic E-state index is 11.6. The van der Waals surface area contributed by atoms with E-state index >= 15 is 0 Å². The average Bonchev–Trinajstić information content (AvgIpc) is 2.20. The molecular weight excluding hydrogens is 290 g/mol. The normalized spacial score (nSPS) is 11.4. The van der Waals surface area contributed by atoms with E-state index in [2.05, 4.69) is 20.7 Å². The summed E-state index contributed by atoms with van der Waals surface area (Å²) in [5.41, 5.74) is 1.69. The summed E-state index contributed by atoms with van der Waals surface area (Å²) in [6.07, 6.45) is 1.56. The number of anilines is 1. The van der Waals surface area contributed by atoms with Gasteiger partial charge in [-0.25, -0.2) is 8.42 Å². The van der Waals surface area contributed by atoms with Gasteiger partial charge in [-0.05, 0) is 31.0 Å². The van der Waals surface area contributed by atoms with Gasteiger partial charge in [0, 0.05) is 10.2 Å². The van der Waals surface area contributed by atoms with Gasteiger partial charge in [-0.15, -0.1) is 0 Å². The zero-order valence-corrected chi connectivity index (χ0v) is 11.9.